The Hall–Kier alpha value is -4.29. The molecule has 9 nitrogen and oxygen atoms in total. The normalized spacial score (nSPS) is 14.3. The summed E-state index contributed by atoms with van der Waals surface area (Å²) in [6.45, 7) is -0.0946. The van der Waals surface area contributed by atoms with Gasteiger partial charge in [-0.3, -0.25) is 4.79 Å². The zero-order valence-electron chi connectivity index (χ0n) is 19.2. The van der Waals surface area contributed by atoms with Crippen molar-refractivity contribution in [2.45, 2.75) is 24.9 Å². The summed E-state index contributed by atoms with van der Waals surface area (Å²) in [6, 6.07) is 8.67. The number of anilines is 1. The molecule has 0 aliphatic carbocycles. The molecule has 0 spiro atoms. The van der Waals surface area contributed by atoms with Crippen LogP contribution in [0.2, 0.25) is 0 Å². The Kier molecular flexibility index (Phi) is 7.50. The minimum atomic E-state index is -4.65. The van der Waals surface area contributed by atoms with Crippen molar-refractivity contribution < 1.29 is 36.6 Å². The molecular formula is C24H21F4N5O4. The molecule has 1 amide bonds. The Morgan fingerprint density at radius 3 is 2.49 bits per heavy atom. The van der Waals surface area contributed by atoms with Crippen LogP contribution in [0.15, 0.2) is 48.7 Å². The van der Waals surface area contributed by atoms with Crippen molar-refractivity contribution in [3.8, 4) is 11.6 Å². The van der Waals surface area contributed by atoms with E-state index in [-0.39, 0.29) is 42.1 Å². The van der Waals surface area contributed by atoms with Gasteiger partial charge in [-0.05, 0) is 31.0 Å². The van der Waals surface area contributed by atoms with Gasteiger partial charge in [0, 0.05) is 31.3 Å². The third-order valence-corrected chi connectivity index (χ3v) is 5.68. The van der Waals surface area contributed by atoms with Crippen LogP contribution in [0, 0.1) is 5.82 Å². The second kappa shape index (κ2) is 10.8. The second-order valence-corrected chi connectivity index (χ2v) is 8.16. The summed E-state index contributed by atoms with van der Waals surface area (Å²) in [5.74, 6) is -2.10. The molecular weight excluding hydrogens is 498 g/mol. The maximum atomic E-state index is 13.8. The first-order valence-corrected chi connectivity index (χ1v) is 11.2. The number of ketones is 1. The third kappa shape index (κ3) is 6.29. The third-order valence-electron chi connectivity index (χ3n) is 5.68. The number of Topliss-reactive ketones (excluding diaryl/α,β-unsaturated/α-hetero) is 1. The van der Waals surface area contributed by atoms with Crippen molar-refractivity contribution in [3.05, 3.63) is 71.4 Å². The van der Waals surface area contributed by atoms with Gasteiger partial charge in [-0.15, -0.1) is 0 Å². The first-order chi connectivity index (χ1) is 17.6. The number of rotatable bonds is 6. The summed E-state index contributed by atoms with van der Waals surface area (Å²) < 4.78 is 62.7. The monoisotopic (exact) mass is 519 g/mol. The van der Waals surface area contributed by atoms with Crippen LogP contribution in [0.25, 0.3) is 0 Å². The molecule has 3 aromatic rings. The molecule has 2 N–H and O–H groups in total. The number of nitrogens with zero attached hydrogens (tertiary/aromatic N) is 4. The number of para-hydroxylation sites is 1. The molecule has 37 heavy (non-hydrogen) atoms. The van der Waals surface area contributed by atoms with Gasteiger partial charge in [0.1, 0.15) is 5.69 Å². The maximum absolute atomic E-state index is 13.8. The van der Waals surface area contributed by atoms with E-state index in [1.165, 1.54) is 35.4 Å². The highest BCUT2D eigenvalue weighted by Gasteiger charge is 2.33. The number of hydrogen-bond acceptors (Lipinski definition) is 8. The molecule has 2 aromatic heterocycles. The van der Waals surface area contributed by atoms with Crippen molar-refractivity contribution in [1.82, 2.24) is 19.9 Å². The Bertz CT molecular complexity index is 1300. The van der Waals surface area contributed by atoms with Gasteiger partial charge < -0.3 is 20.1 Å². The molecule has 1 aromatic carbocycles. The molecule has 13 heteroatoms. The van der Waals surface area contributed by atoms with Gasteiger partial charge >= 0.3 is 12.3 Å². The molecule has 1 aliphatic rings. The Labute approximate surface area is 208 Å². The molecule has 1 aliphatic heterocycles. The molecule has 0 unspecified atom stereocenters. The average Bonchev–Trinajstić information content (AvgIpc) is 2.88. The van der Waals surface area contributed by atoms with E-state index in [1.807, 2.05) is 0 Å². The summed E-state index contributed by atoms with van der Waals surface area (Å²) in [6.07, 6.45) is -3.32. The second-order valence-electron chi connectivity index (χ2n) is 8.16. The van der Waals surface area contributed by atoms with Gasteiger partial charge in [-0.2, -0.15) is 13.2 Å². The summed E-state index contributed by atoms with van der Waals surface area (Å²) in [7, 11) is 0. The number of aromatic nitrogens is 3. The van der Waals surface area contributed by atoms with E-state index in [0.29, 0.717) is 18.5 Å². The summed E-state index contributed by atoms with van der Waals surface area (Å²) in [4.78, 5) is 38.2. The molecule has 3 heterocycles. The van der Waals surface area contributed by atoms with Crippen molar-refractivity contribution >= 4 is 17.8 Å². The van der Waals surface area contributed by atoms with Gasteiger partial charge in [-0.25, -0.2) is 24.1 Å². The van der Waals surface area contributed by atoms with E-state index >= 15 is 0 Å². The minimum absolute atomic E-state index is 0.0617. The van der Waals surface area contributed by atoms with E-state index in [4.69, 9.17) is 15.2 Å². The number of nitrogens with two attached hydrogens (primary N) is 1. The molecule has 1 saturated heterocycles. The van der Waals surface area contributed by atoms with E-state index in [1.54, 1.807) is 6.07 Å². The van der Waals surface area contributed by atoms with Crippen molar-refractivity contribution in [3.63, 3.8) is 0 Å². The molecule has 194 valence electrons. The van der Waals surface area contributed by atoms with Crippen LogP contribution in [0.3, 0.4) is 0 Å². The van der Waals surface area contributed by atoms with Crippen LogP contribution in [-0.2, 0) is 6.18 Å². The largest absolute Gasteiger partial charge is 0.469 e. The number of pyridine rings is 1. The molecule has 0 bridgehead atoms. The number of halogens is 4. The van der Waals surface area contributed by atoms with Crippen LogP contribution >= 0.6 is 0 Å². The SMILES string of the molecule is Nc1ncc(C(=O)COc2cccc(C(F)(F)F)n2)c(C2CCN(C(=O)Oc3ccccc3F)CC2)n1. The fraction of sp³-hybridized carbons (Fsp3) is 0.292. The summed E-state index contributed by atoms with van der Waals surface area (Å²) in [5.41, 5.74) is 5.04. The number of nitrogen functional groups attached to an aromatic ring is 1. The predicted molar refractivity (Wildman–Crippen MR) is 121 cm³/mol. The van der Waals surface area contributed by atoms with Gasteiger partial charge in [0.15, 0.2) is 18.2 Å². The fourth-order valence-corrected chi connectivity index (χ4v) is 3.83. The molecule has 0 atom stereocenters. The number of benzene rings is 1. The molecule has 4 rings (SSSR count). The Morgan fingerprint density at radius 2 is 1.78 bits per heavy atom. The van der Waals surface area contributed by atoms with Gasteiger partial charge in [0.2, 0.25) is 17.6 Å². The highest BCUT2D eigenvalue weighted by molar-refractivity contribution is 5.98. The van der Waals surface area contributed by atoms with Crippen LogP contribution in [0.4, 0.5) is 28.3 Å². The first kappa shape index (κ1) is 25.8. The lowest BCUT2D eigenvalue weighted by Gasteiger charge is -2.31. The molecule has 0 radical (unpaired) electrons. The zero-order valence-corrected chi connectivity index (χ0v) is 19.2. The van der Waals surface area contributed by atoms with Crippen molar-refractivity contribution in [1.29, 1.82) is 0 Å². The van der Waals surface area contributed by atoms with Crippen LogP contribution in [0.1, 0.15) is 40.5 Å². The van der Waals surface area contributed by atoms with Crippen LogP contribution in [0.5, 0.6) is 11.6 Å². The number of alkyl halides is 3. The number of carbonyl (C=O) groups is 2. The number of piperidine rings is 1. The summed E-state index contributed by atoms with van der Waals surface area (Å²) >= 11 is 0. The Morgan fingerprint density at radius 1 is 1.05 bits per heavy atom. The fourth-order valence-electron chi connectivity index (χ4n) is 3.83. The van der Waals surface area contributed by atoms with Gasteiger partial charge in [0.25, 0.3) is 0 Å². The topological polar surface area (TPSA) is 121 Å². The average molecular weight is 519 g/mol. The number of ether oxygens (including phenoxy) is 2. The highest BCUT2D eigenvalue weighted by atomic mass is 19.4. The van der Waals surface area contributed by atoms with Crippen LogP contribution in [-0.4, -0.2) is 51.4 Å². The minimum Gasteiger partial charge on any atom is -0.469 e. The number of hydrogen-bond donors (Lipinski definition) is 1. The maximum Gasteiger partial charge on any atom is 0.433 e. The first-order valence-electron chi connectivity index (χ1n) is 11.2. The van der Waals surface area contributed by atoms with E-state index in [2.05, 4.69) is 15.0 Å². The molecule has 0 saturated carbocycles. The predicted octanol–water partition coefficient (Wildman–Crippen LogP) is 4.25. The van der Waals surface area contributed by atoms with E-state index in [0.717, 1.165) is 12.1 Å². The number of amides is 1. The van der Waals surface area contributed by atoms with Gasteiger partial charge in [-0.1, -0.05) is 18.2 Å². The van der Waals surface area contributed by atoms with Crippen molar-refractivity contribution in [2.75, 3.05) is 25.4 Å². The molecule has 1 fully saturated rings. The Balaban J connectivity index is 1.41. The zero-order chi connectivity index (χ0) is 26.6. The van der Waals surface area contributed by atoms with Gasteiger partial charge in [0.05, 0.1) is 11.3 Å². The highest BCUT2D eigenvalue weighted by Crippen LogP contribution is 2.31. The van der Waals surface area contributed by atoms with Crippen LogP contribution < -0.4 is 15.2 Å². The number of carbonyl (C=O) groups excluding carboxylic acids is 2. The quantitative estimate of drug-likeness (QED) is 0.379. The van der Waals surface area contributed by atoms with Crippen molar-refractivity contribution in [2.24, 2.45) is 0 Å². The smallest absolute Gasteiger partial charge is 0.433 e. The standard InChI is InChI=1S/C24H21F4N5O4/c25-16-4-1-2-5-18(16)37-23(35)33-10-8-14(9-11-33)21-15(12-30-22(29)32-21)17(34)13-36-20-7-3-6-19(31-20)24(26,27)28/h1-7,12,14H,8-11,13H2,(H2,29,30,32). The van der Waals surface area contributed by atoms with E-state index in [9.17, 15) is 27.2 Å². The lowest BCUT2D eigenvalue weighted by molar-refractivity contribution is -0.141. The summed E-state index contributed by atoms with van der Waals surface area (Å²) in [5, 5.41) is 0. The lowest BCUT2D eigenvalue weighted by Crippen LogP contribution is -2.40. The number of likely N-dealkylation sites (tertiary alicyclic amines) is 1. The lowest BCUT2D eigenvalue weighted by atomic mass is 9.90. The van der Waals surface area contributed by atoms with E-state index < -0.39 is 36.2 Å².